The van der Waals surface area contributed by atoms with Gasteiger partial charge < -0.3 is 5.32 Å². The standard InChI is InChI=1S/C16H17FN2/c1-11-2-3-12(9-19-13-4-5-13)15(8-11)14-6-7-18-10-16(14)17/h2-3,6-8,10,13,19H,4-5,9H2,1H3. The van der Waals surface area contributed by atoms with E-state index in [2.05, 4.69) is 22.4 Å². The molecular formula is C16H17FN2. The molecule has 2 nitrogen and oxygen atoms in total. The zero-order chi connectivity index (χ0) is 13.2. The predicted octanol–water partition coefficient (Wildman–Crippen LogP) is 3.45. The summed E-state index contributed by atoms with van der Waals surface area (Å²) in [5.41, 5.74) is 3.88. The molecule has 19 heavy (non-hydrogen) atoms. The van der Waals surface area contributed by atoms with Gasteiger partial charge in [-0.15, -0.1) is 0 Å². The van der Waals surface area contributed by atoms with Crippen LogP contribution in [-0.4, -0.2) is 11.0 Å². The normalized spacial score (nSPS) is 14.6. The van der Waals surface area contributed by atoms with Crippen molar-refractivity contribution in [1.82, 2.24) is 10.3 Å². The third-order valence-electron chi connectivity index (χ3n) is 3.49. The van der Waals surface area contributed by atoms with Crippen molar-refractivity contribution >= 4 is 0 Å². The highest BCUT2D eigenvalue weighted by molar-refractivity contribution is 5.68. The molecule has 0 radical (unpaired) electrons. The van der Waals surface area contributed by atoms with Crippen molar-refractivity contribution in [2.45, 2.75) is 32.4 Å². The average molecular weight is 256 g/mol. The van der Waals surface area contributed by atoms with Crippen LogP contribution in [0.1, 0.15) is 24.0 Å². The van der Waals surface area contributed by atoms with Gasteiger partial charge in [0.25, 0.3) is 0 Å². The quantitative estimate of drug-likeness (QED) is 0.906. The molecule has 1 aliphatic carbocycles. The number of aryl methyl sites for hydroxylation is 1. The van der Waals surface area contributed by atoms with E-state index in [1.165, 1.54) is 19.0 Å². The first-order valence-corrected chi connectivity index (χ1v) is 6.67. The van der Waals surface area contributed by atoms with E-state index < -0.39 is 0 Å². The fraction of sp³-hybridized carbons (Fsp3) is 0.312. The van der Waals surface area contributed by atoms with Crippen LogP contribution in [0.5, 0.6) is 0 Å². The minimum atomic E-state index is -0.263. The van der Waals surface area contributed by atoms with Crippen molar-refractivity contribution in [2.75, 3.05) is 0 Å². The van der Waals surface area contributed by atoms with E-state index in [-0.39, 0.29) is 5.82 Å². The van der Waals surface area contributed by atoms with Crippen LogP contribution < -0.4 is 5.32 Å². The summed E-state index contributed by atoms with van der Waals surface area (Å²) in [5, 5.41) is 3.48. The first kappa shape index (κ1) is 12.3. The Morgan fingerprint density at radius 1 is 1.26 bits per heavy atom. The van der Waals surface area contributed by atoms with Gasteiger partial charge >= 0.3 is 0 Å². The molecule has 1 aliphatic rings. The van der Waals surface area contributed by atoms with Crippen LogP contribution in [0.25, 0.3) is 11.1 Å². The Labute approximate surface area is 112 Å². The molecule has 98 valence electrons. The maximum atomic E-state index is 13.9. The predicted molar refractivity (Wildman–Crippen MR) is 74.2 cm³/mol. The van der Waals surface area contributed by atoms with E-state index in [1.807, 2.05) is 13.0 Å². The molecule has 0 amide bonds. The summed E-state index contributed by atoms with van der Waals surface area (Å²) in [4.78, 5) is 3.82. The number of aromatic nitrogens is 1. The minimum Gasteiger partial charge on any atom is -0.310 e. The largest absolute Gasteiger partial charge is 0.310 e. The maximum Gasteiger partial charge on any atom is 0.149 e. The Morgan fingerprint density at radius 2 is 2.11 bits per heavy atom. The molecule has 1 fully saturated rings. The fourth-order valence-corrected chi connectivity index (χ4v) is 2.23. The molecule has 0 saturated heterocycles. The number of hydrogen-bond acceptors (Lipinski definition) is 2. The number of nitrogens with zero attached hydrogens (tertiary/aromatic N) is 1. The molecule has 0 bridgehead atoms. The lowest BCUT2D eigenvalue weighted by Crippen LogP contribution is -2.16. The Hall–Kier alpha value is -1.74. The summed E-state index contributed by atoms with van der Waals surface area (Å²) in [5.74, 6) is -0.263. The highest BCUT2D eigenvalue weighted by Crippen LogP contribution is 2.28. The van der Waals surface area contributed by atoms with Crippen molar-refractivity contribution < 1.29 is 4.39 Å². The van der Waals surface area contributed by atoms with Gasteiger partial charge in [-0.3, -0.25) is 4.98 Å². The van der Waals surface area contributed by atoms with Gasteiger partial charge in [-0.1, -0.05) is 23.8 Å². The number of halogens is 1. The van der Waals surface area contributed by atoms with Crippen LogP contribution >= 0.6 is 0 Å². The third-order valence-corrected chi connectivity index (χ3v) is 3.49. The topological polar surface area (TPSA) is 24.9 Å². The van der Waals surface area contributed by atoms with Gasteiger partial charge in [0, 0.05) is 24.3 Å². The van der Waals surface area contributed by atoms with Crippen LogP contribution in [0.4, 0.5) is 4.39 Å². The van der Waals surface area contributed by atoms with Gasteiger partial charge in [-0.25, -0.2) is 4.39 Å². The van der Waals surface area contributed by atoms with E-state index in [0.717, 1.165) is 23.2 Å². The lowest BCUT2D eigenvalue weighted by molar-refractivity contribution is 0.624. The maximum absolute atomic E-state index is 13.9. The van der Waals surface area contributed by atoms with Gasteiger partial charge in [0.15, 0.2) is 0 Å². The van der Waals surface area contributed by atoms with Gasteiger partial charge in [0.1, 0.15) is 5.82 Å². The molecule has 2 aromatic rings. The molecule has 0 spiro atoms. The van der Waals surface area contributed by atoms with Crippen molar-refractivity contribution in [3.05, 3.63) is 53.6 Å². The van der Waals surface area contributed by atoms with Crippen LogP contribution in [0, 0.1) is 12.7 Å². The van der Waals surface area contributed by atoms with Crippen molar-refractivity contribution in [3.63, 3.8) is 0 Å². The number of benzene rings is 1. The molecule has 1 N–H and O–H groups in total. The Morgan fingerprint density at radius 3 is 2.84 bits per heavy atom. The zero-order valence-electron chi connectivity index (χ0n) is 11.0. The van der Waals surface area contributed by atoms with Crippen molar-refractivity contribution in [3.8, 4) is 11.1 Å². The van der Waals surface area contributed by atoms with Crippen LogP contribution in [0.15, 0.2) is 36.7 Å². The molecule has 1 saturated carbocycles. The number of rotatable bonds is 4. The summed E-state index contributed by atoms with van der Waals surface area (Å²) < 4.78 is 13.9. The molecular weight excluding hydrogens is 239 g/mol. The smallest absolute Gasteiger partial charge is 0.149 e. The molecule has 0 aliphatic heterocycles. The minimum absolute atomic E-state index is 0.263. The fourth-order valence-electron chi connectivity index (χ4n) is 2.23. The number of pyridine rings is 1. The van der Waals surface area contributed by atoms with Gasteiger partial charge in [-0.2, -0.15) is 0 Å². The van der Waals surface area contributed by atoms with E-state index in [4.69, 9.17) is 0 Å². The summed E-state index contributed by atoms with van der Waals surface area (Å²) >= 11 is 0. The first-order chi connectivity index (χ1) is 9.24. The second-order valence-electron chi connectivity index (χ2n) is 5.17. The van der Waals surface area contributed by atoms with Gasteiger partial charge in [-0.05, 0) is 37.0 Å². The Balaban J connectivity index is 1.97. The first-order valence-electron chi connectivity index (χ1n) is 6.67. The molecule has 1 aromatic heterocycles. The Kier molecular flexibility index (Phi) is 3.30. The second kappa shape index (κ2) is 5.10. The van der Waals surface area contributed by atoms with E-state index in [9.17, 15) is 4.39 Å². The lowest BCUT2D eigenvalue weighted by Gasteiger charge is -2.12. The molecule has 0 atom stereocenters. The number of hydrogen-bond donors (Lipinski definition) is 1. The molecule has 0 unspecified atom stereocenters. The van der Waals surface area contributed by atoms with E-state index >= 15 is 0 Å². The molecule has 3 heteroatoms. The monoisotopic (exact) mass is 256 g/mol. The van der Waals surface area contributed by atoms with Gasteiger partial charge in [0.2, 0.25) is 0 Å². The highest BCUT2D eigenvalue weighted by atomic mass is 19.1. The summed E-state index contributed by atoms with van der Waals surface area (Å²) in [7, 11) is 0. The highest BCUT2D eigenvalue weighted by Gasteiger charge is 2.20. The van der Waals surface area contributed by atoms with E-state index in [1.54, 1.807) is 12.3 Å². The van der Waals surface area contributed by atoms with Gasteiger partial charge in [0.05, 0.1) is 6.20 Å². The van der Waals surface area contributed by atoms with Crippen molar-refractivity contribution in [1.29, 1.82) is 0 Å². The van der Waals surface area contributed by atoms with Crippen LogP contribution in [0.2, 0.25) is 0 Å². The zero-order valence-corrected chi connectivity index (χ0v) is 11.0. The van der Waals surface area contributed by atoms with Crippen molar-refractivity contribution in [2.24, 2.45) is 0 Å². The second-order valence-corrected chi connectivity index (χ2v) is 5.17. The molecule has 3 rings (SSSR count). The van der Waals surface area contributed by atoms with E-state index in [0.29, 0.717) is 11.6 Å². The van der Waals surface area contributed by atoms with Crippen LogP contribution in [-0.2, 0) is 6.54 Å². The number of nitrogens with one attached hydrogen (secondary N) is 1. The summed E-state index contributed by atoms with van der Waals surface area (Å²) in [6.07, 6.45) is 5.42. The SMILES string of the molecule is Cc1ccc(CNC2CC2)c(-c2ccncc2F)c1. The Bertz CT molecular complexity index is 591. The summed E-state index contributed by atoms with van der Waals surface area (Å²) in [6, 6.07) is 8.59. The average Bonchev–Trinajstić information content (AvgIpc) is 3.22. The van der Waals surface area contributed by atoms with Crippen LogP contribution in [0.3, 0.4) is 0 Å². The lowest BCUT2D eigenvalue weighted by atomic mass is 9.98. The third kappa shape index (κ3) is 2.82. The molecule has 1 heterocycles. The molecule has 1 aromatic carbocycles. The summed E-state index contributed by atoms with van der Waals surface area (Å²) in [6.45, 7) is 2.82.